The molecule has 0 fully saturated rings. The summed E-state index contributed by atoms with van der Waals surface area (Å²) >= 11 is 1.27. The van der Waals surface area contributed by atoms with Crippen molar-refractivity contribution in [1.29, 1.82) is 0 Å². The van der Waals surface area contributed by atoms with E-state index in [9.17, 15) is 9.59 Å². The van der Waals surface area contributed by atoms with Gasteiger partial charge in [-0.25, -0.2) is 14.8 Å². The van der Waals surface area contributed by atoms with Crippen LogP contribution in [0.25, 0.3) is 10.2 Å². The van der Waals surface area contributed by atoms with E-state index in [1.165, 1.54) is 24.8 Å². The highest BCUT2D eigenvalue weighted by atomic mass is 32.1. The van der Waals surface area contributed by atoms with Crippen LogP contribution in [0.2, 0.25) is 0 Å². The van der Waals surface area contributed by atoms with Crippen molar-refractivity contribution in [2.45, 2.75) is 20.3 Å². The fourth-order valence-electron chi connectivity index (χ4n) is 1.98. The summed E-state index contributed by atoms with van der Waals surface area (Å²) in [7, 11) is 1.35. The molecule has 0 aliphatic carbocycles. The lowest BCUT2D eigenvalue weighted by Gasteiger charge is -2.06. The standard InChI is InChI=1S/C14H17N3O4S/c1-4-21-14(19)11-8(2)10-12(15-6-5-9(18)20-3)16-7-17-13(10)22-11/h7H,4-6H2,1-3H3,(H,15,16,17). The summed E-state index contributed by atoms with van der Waals surface area (Å²) in [5, 5.41) is 3.86. The van der Waals surface area contributed by atoms with E-state index < -0.39 is 0 Å². The normalized spacial score (nSPS) is 10.5. The zero-order valence-corrected chi connectivity index (χ0v) is 13.5. The molecular weight excluding hydrogens is 306 g/mol. The highest BCUT2D eigenvalue weighted by Crippen LogP contribution is 2.33. The quantitative estimate of drug-likeness (QED) is 0.814. The predicted octanol–water partition coefficient (Wildman–Crippen LogP) is 2.15. The zero-order valence-electron chi connectivity index (χ0n) is 12.6. The fourth-order valence-corrected chi connectivity index (χ4v) is 3.02. The molecule has 0 amide bonds. The summed E-state index contributed by atoms with van der Waals surface area (Å²) in [6, 6.07) is 0. The van der Waals surface area contributed by atoms with Crippen LogP contribution in [0, 0.1) is 6.92 Å². The minimum atomic E-state index is -0.358. The third-order valence-corrected chi connectivity index (χ3v) is 4.22. The molecule has 2 rings (SSSR count). The number of nitrogens with zero attached hydrogens (tertiary/aromatic N) is 2. The lowest BCUT2D eigenvalue weighted by molar-refractivity contribution is -0.140. The summed E-state index contributed by atoms with van der Waals surface area (Å²) in [6.07, 6.45) is 1.66. The number of carbonyl (C=O) groups is 2. The Morgan fingerprint density at radius 2 is 2.14 bits per heavy atom. The molecule has 0 spiro atoms. The van der Waals surface area contributed by atoms with Gasteiger partial charge >= 0.3 is 11.9 Å². The first-order chi connectivity index (χ1) is 10.6. The van der Waals surface area contributed by atoms with Crippen LogP contribution in [-0.4, -0.2) is 42.2 Å². The number of thiophene rings is 1. The Labute approximate surface area is 131 Å². The average Bonchev–Trinajstić information content (AvgIpc) is 2.85. The van der Waals surface area contributed by atoms with E-state index in [0.29, 0.717) is 28.7 Å². The molecule has 2 heterocycles. The fraction of sp³-hybridized carbons (Fsp3) is 0.429. The summed E-state index contributed by atoms with van der Waals surface area (Å²) in [4.78, 5) is 32.7. The molecule has 0 aliphatic rings. The number of carbonyl (C=O) groups excluding carboxylic acids is 2. The van der Waals surface area contributed by atoms with Crippen LogP contribution >= 0.6 is 11.3 Å². The number of fused-ring (bicyclic) bond motifs is 1. The number of anilines is 1. The van der Waals surface area contributed by atoms with Crippen LogP contribution in [0.3, 0.4) is 0 Å². The molecule has 0 aromatic carbocycles. The number of methoxy groups -OCH3 is 1. The number of aryl methyl sites for hydroxylation is 1. The molecule has 1 N–H and O–H groups in total. The molecular formula is C14H17N3O4S. The Hall–Kier alpha value is -2.22. The topological polar surface area (TPSA) is 90.4 Å². The van der Waals surface area contributed by atoms with Gasteiger partial charge in [-0.3, -0.25) is 4.79 Å². The zero-order chi connectivity index (χ0) is 16.1. The first kappa shape index (κ1) is 16.2. The van der Waals surface area contributed by atoms with E-state index in [2.05, 4.69) is 20.0 Å². The second-order valence-corrected chi connectivity index (χ2v) is 5.43. The predicted molar refractivity (Wildman–Crippen MR) is 83.2 cm³/mol. The van der Waals surface area contributed by atoms with Gasteiger partial charge in [-0.05, 0) is 19.4 Å². The van der Waals surface area contributed by atoms with Crippen molar-refractivity contribution in [1.82, 2.24) is 9.97 Å². The Kier molecular flexibility index (Phi) is 5.26. The maximum Gasteiger partial charge on any atom is 0.348 e. The molecule has 118 valence electrons. The van der Waals surface area contributed by atoms with E-state index >= 15 is 0 Å². The van der Waals surface area contributed by atoms with E-state index in [1.807, 2.05) is 6.92 Å². The van der Waals surface area contributed by atoms with Crippen molar-refractivity contribution in [3.8, 4) is 0 Å². The largest absolute Gasteiger partial charge is 0.469 e. The Morgan fingerprint density at radius 3 is 2.82 bits per heavy atom. The molecule has 2 aromatic rings. The highest BCUT2D eigenvalue weighted by molar-refractivity contribution is 7.20. The maximum atomic E-state index is 11.9. The summed E-state index contributed by atoms with van der Waals surface area (Å²) in [5.74, 6) is -0.0613. The van der Waals surface area contributed by atoms with E-state index in [4.69, 9.17) is 4.74 Å². The van der Waals surface area contributed by atoms with E-state index in [0.717, 1.165) is 10.9 Å². The Balaban J connectivity index is 2.28. The minimum absolute atomic E-state index is 0.232. The Bertz CT molecular complexity index is 699. The van der Waals surface area contributed by atoms with Crippen LogP contribution in [0.4, 0.5) is 5.82 Å². The highest BCUT2D eigenvalue weighted by Gasteiger charge is 2.20. The maximum absolute atomic E-state index is 11.9. The lowest BCUT2D eigenvalue weighted by Crippen LogP contribution is -2.11. The molecule has 7 nitrogen and oxygen atoms in total. The molecule has 0 saturated carbocycles. The number of rotatable bonds is 6. The first-order valence-corrected chi connectivity index (χ1v) is 7.62. The van der Waals surface area contributed by atoms with Gasteiger partial charge in [-0.1, -0.05) is 0 Å². The smallest absolute Gasteiger partial charge is 0.348 e. The number of esters is 2. The number of hydrogen-bond donors (Lipinski definition) is 1. The van der Waals surface area contributed by atoms with Crippen molar-refractivity contribution in [2.24, 2.45) is 0 Å². The SMILES string of the molecule is CCOC(=O)c1sc2ncnc(NCCC(=O)OC)c2c1C. The number of aromatic nitrogens is 2. The Morgan fingerprint density at radius 1 is 1.36 bits per heavy atom. The van der Waals surface area contributed by atoms with Crippen molar-refractivity contribution in [2.75, 3.05) is 25.6 Å². The van der Waals surface area contributed by atoms with Gasteiger partial charge in [-0.2, -0.15) is 0 Å². The van der Waals surface area contributed by atoms with Crippen molar-refractivity contribution < 1.29 is 19.1 Å². The molecule has 0 bridgehead atoms. The molecule has 0 saturated heterocycles. The average molecular weight is 323 g/mol. The molecule has 0 atom stereocenters. The van der Waals surface area contributed by atoms with Gasteiger partial charge in [-0.15, -0.1) is 11.3 Å². The van der Waals surface area contributed by atoms with Gasteiger partial charge < -0.3 is 14.8 Å². The van der Waals surface area contributed by atoms with Gasteiger partial charge in [0.1, 0.15) is 21.9 Å². The van der Waals surface area contributed by atoms with Crippen LogP contribution < -0.4 is 5.32 Å². The third kappa shape index (κ3) is 3.33. The van der Waals surface area contributed by atoms with Crippen molar-refractivity contribution in [3.63, 3.8) is 0 Å². The van der Waals surface area contributed by atoms with Crippen LogP contribution in [0.15, 0.2) is 6.33 Å². The van der Waals surface area contributed by atoms with Gasteiger partial charge in [0, 0.05) is 6.54 Å². The lowest BCUT2D eigenvalue weighted by atomic mass is 10.2. The van der Waals surface area contributed by atoms with Crippen LogP contribution in [-0.2, 0) is 14.3 Å². The second kappa shape index (κ2) is 7.17. The van der Waals surface area contributed by atoms with Gasteiger partial charge in [0.05, 0.1) is 25.5 Å². The van der Waals surface area contributed by atoms with Gasteiger partial charge in [0.2, 0.25) is 0 Å². The molecule has 2 aromatic heterocycles. The van der Waals surface area contributed by atoms with Gasteiger partial charge in [0.25, 0.3) is 0 Å². The van der Waals surface area contributed by atoms with E-state index in [1.54, 1.807) is 6.92 Å². The summed E-state index contributed by atoms with van der Waals surface area (Å²) in [5.41, 5.74) is 0.777. The number of ether oxygens (including phenoxy) is 2. The molecule has 22 heavy (non-hydrogen) atoms. The van der Waals surface area contributed by atoms with Gasteiger partial charge in [0.15, 0.2) is 0 Å². The van der Waals surface area contributed by atoms with Crippen molar-refractivity contribution >= 4 is 39.3 Å². The van der Waals surface area contributed by atoms with Crippen LogP contribution in [0.5, 0.6) is 0 Å². The summed E-state index contributed by atoms with van der Waals surface area (Å²) < 4.78 is 9.64. The first-order valence-electron chi connectivity index (χ1n) is 6.80. The molecule has 0 aliphatic heterocycles. The second-order valence-electron chi connectivity index (χ2n) is 4.43. The molecule has 0 unspecified atom stereocenters. The third-order valence-electron chi connectivity index (χ3n) is 3.04. The van der Waals surface area contributed by atoms with E-state index in [-0.39, 0.29) is 18.4 Å². The molecule has 0 radical (unpaired) electrons. The van der Waals surface area contributed by atoms with Crippen molar-refractivity contribution in [3.05, 3.63) is 16.8 Å². The number of nitrogens with one attached hydrogen (secondary N) is 1. The monoisotopic (exact) mass is 323 g/mol. The molecule has 8 heteroatoms. The summed E-state index contributed by atoms with van der Waals surface area (Å²) in [6.45, 7) is 4.31. The minimum Gasteiger partial charge on any atom is -0.469 e. The number of hydrogen-bond acceptors (Lipinski definition) is 8. The van der Waals surface area contributed by atoms with Crippen LogP contribution in [0.1, 0.15) is 28.6 Å².